The number of para-hydroxylation sites is 2. The van der Waals surface area contributed by atoms with E-state index in [0.717, 1.165) is 45.1 Å². The van der Waals surface area contributed by atoms with Crippen LogP contribution in [0.4, 0.5) is 0 Å². The van der Waals surface area contributed by atoms with Crippen LogP contribution in [0.5, 0.6) is 0 Å². The zero-order valence-electron chi connectivity index (χ0n) is 21.5. The van der Waals surface area contributed by atoms with E-state index >= 15 is 0 Å². The van der Waals surface area contributed by atoms with E-state index in [9.17, 15) is 0 Å². The molecule has 5 heteroatoms. The van der Waals surface area contributed by atoms with Gasteiger partial charge in [0.1, 0.15) is 0 Å². The number of aromatic nitrogens is 5. The fraction of sp³-hybridized carbons (Fsp3) is 0. The summed E-state index contributed by atoms with van der Waals surface area (Å²) < 4.78 is 4.46. The van der Waals surface area contributed by atoms with Crippen LogP contribution in [-0.2, 0) is 0 Å². The van der Waals surface area contributed by atoms with Crippen molar-refractivity contribution in [2.24, 2.45) is 0 Å². The lowest BCUT2D eigenvalue weighted by Gasteiger charge is -2.13. The van der Waals surface area contributed by atoms with Gasteiger partial charge in [0.05, 0.1) is 16.6 Å². The third-order valence-corrected chi connectivity index (χ3v) is 7.51. The summed E-state index contributed by atoms with van der Waals surface area (Å²) in [4.78, 5) is 4.56. The molecule has 0 N–H and O–H groups in total. The first-order valence-corrected chi connectivity index (χ1v) is 13.3. The lowest BCUT2D eigenvalue weighted by molar-refractivity contribution is 1.07. The number of fused-ring (bicyclic) bond motifs is 4. The molecule has 0 spiro atoms. The van der Waals surface area contributed by atoms with Crippen molar-refractivity contribution in [3.05, 3.63) is 140 Å². The molecule has 0 unspecified atom stereocenters. The van der Waals surface area contributed by atoms with Crippen LogP contribution in [-0.4, -0.2) is 24.3 Å². The van der Waals surface area contributed by atoms with E-state index in [1.165, 1.54) is 21.8 Å². The van der Waals surface area contributed by atoms with Crippen LogP contribution in [0.15, 0.2) is 140 Å². The fourth-order valence-electron chi connectivity index (χ4n) is 5.65. The Morgan fingerprint density at radius 2 is 1.05 bits per heavy atom. The molecule has 0 radical (unpaired) electrons. The van der Waals surface area contributed by atoms with E-state index < -0.39 is 0 Å². The molecule has 0 aliphatic rings. The van der Waals surface area contributed by atoms with Crippen molar-refractivity contribution in [3.8, 4) is 34.2 Å². The minimum atomic E-state index is 0.774. The van der Waals surface area contributed by atoms with Crippen LogP contribution in [0.2, 0.25) is 0 Å². The average Bonchev–Trinajstić information content (AvgIpc) is 3.62. The first-order chi connectivity index (χ1) is 19.8. The molecule has 0 fully saturated rings. The highest BCUT2D eigenvalue weighted by Gasteiger charge is 2.18. The maximum absolute atomic E-state index is 4.68. The maximum Gasteiger partial charge on any atom is 0.168 e. The monoisotopic (exact) mass is 513 g/mol. The van der Waals surface area contributed by atoms with Crippen molar-refractivity contribution >= 4 is 32.7 Å². The second-order valence-electron chi connectivity index (χ2n) is 9.85. The van der Waals surface area contributed by atoms with Gasteiger partial charge in [-0.05, 0) is 48.5 Å². The van der Waals surface area contributed by atoms with E-state index in [1.54, 1.807) is 0 Å². The number of pyridine rings is 1. The summed E-state index contributed by atoms with van der Waals surface area (Å²) in [5, 5.41) is 12.9. The van der Waals surface area contributed by atoms with Crippen LogP contribution >= 0.6 is 0 Å². The van der Waals surface area contributed by atoms with Gasteiger partial charge in [-0.2, -0.15) is 0 Å². The molecule has 0 aliphatic carbocycles. The van der Waals surface area contributed by atoms with E-state index in [0.29, 0.717) is 0 Å². The molecule has 5 nitrogen and oxygen atoms in total. The van der Waals surface area contributed by atoms with Crippen LogP contribution in [0.25, 0.3) is 66.9 Å². The van der Waals surface area contributed by atoms with E-state index in [1.807, 2.05) is 30.5 Å². The van der Waals surface area contributed by atoms with E-state index in [4.69, 9.17) is 0 Å². The van der Waals surface area contributed by atoms with Crippen molar-refractivity contribution in [2.75, 3.05) is 0 Å². The molecule has 0 saturated carbocycles. The number of benzene rings is 5. The lowest BCUT2D eigenvalue weighted by Crippen LogP contribution is -2.01. The van der Waals surface area contributed by atoms with Crippen LogP contribution in [0, 0.1) is 0 Å². The highest BCUT2D eigenvalue weighted by Crippen LogP contribution is 2.34. The van der Waals surface area contributed by atoms with Crippen LogP contribution in [0.3, 0.4) is 0 Å². The first-order valence-electron chi connectivity index (χ1n) is 13.3. The molecule has 0 bridgehead atoms. The standard InChI is InChI=1S/C35H23N5/c1-2-9-25(10-3-1)34-37-38-35(26-17-16-24-11-8-22-36-31(24)23-26)40(34)28-20-18-27(19-21-28)39-32-14-6-4-12-29(32)30-13-5-7-15-33(30)39/h1-23H. The van der Waals surface area contributed by atoms with E-state index in [2.05, 4.69) is 134 Å². The molecule has 3 heterocycles. The summed E-state index contributed by atoms with van der Waals surface area (Å²) in [6, 6.07) is 46.3. The Labute approximate surface area is 230 Å². The summed E-state index contributed by atoms with van der Waals surface area (Å²) in [6.07, 6.45) is 1.82. The number of rotatable bonds is 4. The maximum atomic E-state index is 4.68. The normalized spacial score (nSPS) is 11.5. The van der Waals surface area contributed by atoms with Crippen LogP contribution in [0.1, 0.15) is 0 Å². The summed E-state index contributed by atoms with van der Waals surface area (Å²) >= 11 is 0. The molecule has 0 amide bonds. The van der Waals surface area contributed by atoms with Crippen molar-refractivity contribution in [3.63, 3.8) is 0 Å². The van der Waals surface area contributed by atoms with Gasteiger partial charge in [0.25, 0.3) is 0 Å². The molecular weight excluding hydrogens is 490 g/mol. The Bertz CT molecular complexity index is 2100. The summed E-state index contributed by atoms with van der Waals surface area (Å²) in [5.41, 5.74) is 7.37. The first kappa shape index (κ1) is 22.4. The zero-order valence-corrected chi connectivity index (χ0v) is 21.5. The molecular formula is C35H23N5. The second kappa shape index (κ2) is 9.03. The minimum Gasteiger partial charge on any atom is -0.309 e. The Kier molecular flexibility index (Phi) is 5.07. The van der Waals surface area contributed by atoms with Gasteiger partial charge in [-0.3, -0.25) is 9.55 Å². The van der Waals surface area contributed by atoms with Crippen LogP contribution < -0.4 is 0 Å². The smallest absolute Gasteiger partial charge is 0.168 e. The molecule has 0 atom stereocenters. The summed E-state index contributed by atoms with van der Waals surface area (Å²) in [6.45, 7) is 0. The largest absolute Gasteiger partial charge is 0.309 e. The predicted octanol–water partition coefficient (Wildman–Crippen LogP) is 8.25. The fourth-order valence-corrected chi connectivity index (χ4v) is 5.65. The molecule has 5 aromatic carbocycles. The SMILES string of the molecule is c1ccc(-c2nnc(-c3ccc4cccnc4c3)n2-c2ccc(-n3c4ccccc4c4ccccc43)cc2)cc1. The number of hydrogen-bond acceptors (Lipinski definition) is 3. The Morgan fingerprint density at radius 1 is 0.450 bits per heavy atom. The second-order valence-corrected chi connectivity index (χ2v) is 9.85. The van der Waals surface area contributed by atoms with Crippen molar-refractivity contribution in [1.82, 2.24) is 24.3 Å². The predicted molar refractivity (Wildman–Crippen MR) is 162 cm³/mol. The number of nitrogens with zero attached hydrogens (tertiary/aromatic N) is 5. The molecule has 0 saturated heterocycles. The highest BCUT2D eigenvalue weighted by molar-refractivity contribution is 6.09. The van der Waals surface area contributed by atoms with Gasteiger partial charge in [0.15, 0.2) is 11.6 Å². The van der Waals surface area contributed by atoms with Gasteiger partial charge in [0.2, 0.25) is 0 Å². The Morgan fingerprint density at radius 3 is 1.75 bits per heavy atom. The molecule has 8 rings (SSSR count). The van der Waals surface area contributed by atoms with Gasteiger partial charge in [-0.1, -0.05) is 84.9 Å². The molecule has 3 aromatic heterocycles. The highest BCUT2D eigenvalue weighted by atomic mass is 15.3. The van der Waals surface area contributed by atoms with Gasteiger partial charge >= 0.3 is 0 Å². The Hall–Kier alpha value is -5.55. The molecule has 0 aliphatic heterocycles. The quantitative estimate of drug-likeness (QED) is 0.238. The molecule has 8 aromatic rings. The average molecular weight is 514 g/mol. The topological polar surface area (TPSA) is 48.5 Å². The van der Waals surface area contributed by atoms with Crippen molar-refractivity contribution < 1.29 is 0 Å². The third kappa shape index (κ3) is 3.52. The molecule has 188 valence electrons. The number of hydrogen-bond donors (Lipinski definition) is 0. The lowest BCUT2D eigenvalue weighted by atomic mass is 10.1. The van der Waals surface area contributed by atoms with E-state index in [-0.39, 0.29) is 0 Å². The summed E-state index contributed by atoms with van der Waals surface area (Å²) in [7, 11) is 0. The van der Waals surface area contributed by atoms with Crippen molar-refractivity contribution in [2.45, 2.75) is 0 Å². The van der Waals surface area contributed by atoms with Gasteiger partial charge < -0.3 is 4.57 Å². The van der Waals surface area contributed by atoms with Gasteiger partial charge in [-0.25, -0.2) is 0 Å². The summed E-state index contributed by atoms with van der Waals surface area (Å²) in [5.74, 6) is 1.57. The zero-order chi connectivity index (χ0) is 26.5. The molecule has 40 heavy (non-hydrogen) atoms. The minimum absolute atomic E-state index is 0.774. The van der Waals surface area contributed by atoms with Crippen molar-refractivity contribution in [1.29, 1.82) is 0 Å². The third-order valence-electron chi connectivity index (χ3n) is 7.51. The Balaban J connectivity index is 1.31. The van der Waals surface area contributed by atoms with Gasteiger partial charge in [-0.15, -0.1) is 10.2 Å². The van der Waals surface area contributed by atoms with Gasteiger partial charge in [0, 0.05) is 44.9 Å².